The first kappa shape index (κ1) is 16.5. The summed E-state index contributed by atoms with van der Waals surface area (Å²) in [5.74, 6) is 0. The topological polar surface area (TPSA) is 0 Å². The Labute approximate surface area is 97.4 Å². The standard InChI is InChI=1S/C6H12.2Na/c1-3-5-6-4-2;;/h1-6H2;;/q-2;2*+1. The Morgan fingerprint density at radius 2 is 1.00 bits per heavy atom. The maximum absolute atomic E-state index is 3.70. The van der Waals surface area contributed by atoms with Crippen molar-refractivity contribution < 1.29 is 59.1 Å². The second-order valence-electron chi connectivity index (χ2n) is 1.41. The van der Waals surface area contributed by atoms with E-state index >= 15 is 0 Å². The Kier molecular flexibility index (Phi) is 33.1. The summed E-state index contributed by atoms with van der Waals surface area (Å²) in [6.45, 7) is 7.39. The molecule has 38 valence electrons. The van der Waals surface area contributed by atoms with E-state index in [4.69, 9.17) is 0 Å². The molecule has 0 heterocycles. The maximum Gasteiger partial charge on any atom is 1.00 e. The minimum atomic E-state index is 0. The van der Waals surface area contributed by atoms with Crippen molar-refractivity contribution in [3.63, 3.8) is 0 Å². The first-order chi connectivity index (χ1) is 2.91. The zero-order valence-electron chi connectivity index (χ0n) is 6.24. The Bertz CT molecular complexity index is 18.5. The average Bonchev–Trinajstić information content (AvgIpc) is 1.61. The molecule has 0 unspecified atom stereocenters. The minimum Gasteiger partial charge on any atom is -0.343 e. The molecule has 8 heavy (non-hydrogen) atoms. The van der Waals surface area contributed by atoms with Crippen molar-refractivity contribution in [3.05, 3.63) is 13.8 Å². The quantitative estimate of drug-likeness (QED) is 0.209. The summed E-state index contributed by atoms with van der Waals surface area (Å²) in [7, 11) is 0. The largest absolute Gasteiger partial charge is 1.00 e. The third-order valence-corrected chi connectivity index (χ3v) is 0.750. The Morgan fingerprint density at radius 3 is 1.12 bits per heavy atom. The van der Waals surface area contributed by atoms with Crippen LogP contribution in [0.15, 0.2) is 0 Å². The van der Waals surface area contributed by atoms with Crippen LogP contribution in [-0.2, 0) is 0 Å². The third kappa shape index (κ3) is 15.7. The first-order valence-corrected chi connectivity index (χ1v) is 2.50. The maximum atomic E-state index is 3.70. The molecule has 0 aliphatic heterocycles. The summed E-state index contributed by atoms with van der Waals surface area (Å²) in [6, 6.07) is 0. The molecule has 2 heteroatoms. The SMILES string of the molecule is [CH2-]CCCC[CH2-].[Na+].[Na+]. The van der Waals surface area contributed by atoms with Gasteiger partial charge in [0.15, 0.2) is 0 Å². The Hall–Kier alpha value is 2.00. The van der Waals surface area contributed by atoms with E-state index in [-0.39, 0.29) is 59.1 Å². The van der Waals surface area contributed by atoms with E-state index in [0.29, 0.717) is 0 Å². The van der Waals surface area contributed by atoms with Crippen molar-refractivity contribution in [1.82, 2.24) is 0 Å². The molecule has 0 spiro atoms. The zero-order chi connectivity index (χ0) is 4.83. The van der Waals surface area contributed by atoms with Gasteiger partial charge in [-0.3, -0.25) is 0 Å². The fourth-order valence-electron chi connectivity index (χ4n) is 0.354. The van der Waals surface area contributed by atoms with E-state index in [1.807, 2.05) is 0 Å². The fourth-order valence-corrected chi connectivity index (χ4v) is 0.354. The molecule has 0 rings (SSSR count). The van der Waals surface area contributed by atoms with Crippen LogP contribution in [0.25, 0.3) is 0 Å². The monoisotopic (exact) mass is 130 g/mol. The molecule has 0 fully saturated rings. The van der Waals surface area contributed by atoms with Crippen LogP contribution >= 0.6 is 0 Å². The molecule has 0 atom stereocenters. The summed E-state index contributed by atoms with van der Waals surface area (Å²) in [5.41, 5.74) is 0. The van der Waals surface area contributed by atoms with Crippen molar-refractivity contribution in [2.45, 2.75) is 25.7 Å². The Balaban J connectivity index is -0.000000125. The van der Waals surface area contributed by atoms with Gasteiger partial charge in [0.25, 0.3) is 0 Å². The predicted octanol–water partition coefficient (Wildman–Crippen LogP) is -3.78. The van der Waals surface area contributed by atoms with E-state index in [2.05, 4.69) is 13.8 Å². The van der Waals surface area contributed by atoms with E-state index in [1.54, 1.807) is 0 Å². The molecule has 0 nitrogen and oxygen atoms in total. The summed E-state index contributed by atoms with van der Waals surface area (Å²) in [6.07, 6.45) is 4.61. The van der Waals surface area contributed by atoms with E-state index in [9.17, 15) is 0 Å². The molecule has 0 amide bonds. The molecule has 0 N–H and O–H groups in total. The van der Waals surface area contributed by atoms with Crippen molar-refractivity contribution >= 4 is 0 Å². The van der Waals surface area contributed by atoms with Gasteiger partial charge < -0.3 is 13.8 Å². The molecule has 0 aliphatic carbocycles. The second kappa shape index (κ2) is 16.0. The molecule has 0 aromatic rings. The van der Waals surface area contributed by atoms with Crippen LogP contribution in [0.2, 0.25) is 0 Å². The first-order valence-electron chi connectivity index (χ1n) is 2.50. The average molecular weight is 130 g/mol. The summed E-state index contributed by atoms with van der Waals surface area (Å²) in [4.78, 5) is 0. The molecular formula is C6H12Na2. The predicted molar refractivity (Wildman–Crippen MR) is 29.2 cm³/mol. The van der Waals surface area contributed by atoms with Crippen LogP contribution in [-0.4, -0.2) is 0 Å². The number of unbranched alkanes of at least 4 members (excludes halogenated alkanes) is 3. The van der Waals surface area contributed by atoms with Gasteiger partial charge in [0, 0.05) is 0 Å². The van der Waals surface area contributed by atoms with Crippen molar-refractivity contribution in [1.29, 1.82) is 0 Å². The van der Waals surface area contributed by atoms with Crippen LogP contribution in [0.1, 0.15) is 25.7 Å². The molecular weight excluding hydrogens is 118 g/mol. The second-order valence-corrected chi connectivity index (χ2v) is 1.41. The third-order valence-electron chi connectivity index (χ3n) is 0.750. The van der Waals surface area contributed by atoms with Gasteiger partial charge in [-0.05, 0) is 0 Å². The smallest absolute Gasteiger partial charge is 0.343 e. The molecule has 0 saturated heterocycles. The van der Waals surface area contributed by atoms with Crippen molar-refractivity contribution in [2.75, 3.05) is 0 Å². The van der Waals surface area contributed by atoms with E-state index < -0.39 is 0 Å². The number of hydrogen-bond acceptors (Lipinski definition) is 0. The van der Waals surface area contributed by atoms with Gasteiger partial charge in [-0.25, -0.2) is 0 Å². The van der Waals surface area contributed by atoms with Crippen molar-refractivity contribution in [3.8, 4) is 0 Å². The minimum absolute atomic E-state index is 0. The number of hydrogen-bond donors (Lipinski definition) is 0. The summed E-state index contributed by atoms with van der Waals surface area (Å²) < 4.78 is 0. The number of rotatable bonds is 3. The van der Waals surface area contributed by atoms with Crippen LogP contribution in [0.5, 0.6) is 0 Å². The molecule has 0 saturated carbocycles. The van der Waals surface area contributed by atoms with Gasteiger partial charge in [0.05, 0.1) is 0 Å². The summed E-state index contributed by atoms with van der Waals surface area (Å²) >= 11 is 0. The van der Waals surface area contributed by atoms with E-state index in [0.717, 1.165) is 12.8 Å². The van der Waals surface area contributed by atoms with Gasteiger partial charge >= 0.3 is 59.1 Å². The molecule has 0 aromatic heterocycles. The molecule has 0 aliphatic rings. The normalized spacial score (nSPS) is 6.75. The van der Waals surface area contributed by atoms with Gasteiger partial charge in [0.2, 0.25) is 0 Å². The van der Waals surface area contributed by atoms with Crippen molar-refractivity contribution in [2.24, 2.45) is 0 Å². The van der Waals surface area contributed by atoms with Crippen LogP contribution < -0.4 is 59.1 Å². The zero-order valence-corrected chi connectivity index (χ0v) is 10.2. The van der Waals surface area contributed by atoms with Gasteiger partial charge in [0.1, 0.15) is 0 Å². The molecule has 0 bridgehead atoms. The van der Waals surface area contributed by atoms with Gasteiger partial charge in [-0.1, -0.05) is 12.8 Å². The van der Waals surface area contributed by atoms with Crippen LogP contribution in [0.4, 0.5) is 0 Å². The van der Waals surface area contributed by atoms with E-state index in [1.165, 1.54) is 12.8 Å². The molecule has 0 radical (unpaired) electrons. The van der Waals surface area contributed by atoms with Crippen LogP contribution in [0, 0.1) is 13.8 Å². The van der Waals surface area contributed by atoms with Gasteiger partial charge in [-0.2, -0.15) is 12.8 Å². The molecule has 0 aromatic carbocycles. The fraction of sp³-hybridized carbons (Fsp3) is 0.667. The van der Waals surface area contributed by atoms with Crippen LogP contribution in [0.3, 0.4) is 0 Å². The van der Waals surface area contributed by atoms with Gasteiger partial charge in [-0.15, -0.1) is 0 Å². The summed E-state index contributed by atoms with van der Waals surface area (Å²) in [5, 5.41) is 0. The Morgan fingerprint density at radius 1 is 0.750 bits per heavy atom.